The van der Waals surface area contributed by atoms with Crippen molar-refractivity contribution in [3.05, 3.63) is 149 Å². The van der Waals surface area contributed by atoms with E-state index in [1.54, 1.807) is 18.2 Å². The number of pyridine rings is 1. The number of fused-ring (bicyclic) bond motifs is 3. The Kier molecular flexibility index (Phi) is 7.21. The molecule has 0 spiro atoms. The Morgan fingerprint density at radius 3 is 2.26 bits per heavy atom. The van der Waals surface area contributed by atoms with Crippen LogP contribution in [0.15, 0.2) is 134 Å². The van der Waals surface area contributed by atoms with Crippen molar-refractivity contribution in [3.8, 4) is 28.4 Å². The SMILES string of the molecule is CC(C)(C)c1ccnc(-n2c3ccccc3c3ccc(Oc4cccc(Nc5ccccc5-c5ccccc5[N+](=O)[O-])c4)cc32)c1. The second-order valence-corrected chi connectivity index (χ2v) is 12.3. The van der Waals surface area contributed by atoms with Crippen molar-refractivity contribution < 1.29 is 9.66 Å². The summed E-state index contributed by atoms with van der Waals surface area (Å²) in [6.07, 6.45) is 1.88. The van der Waals surface area contributed by atoms with Gasteiger partial charge in [-0.05, 0) is 65.6 Å². The van der Waals surface area contributed by atoms with E-state index >= 15 is 0 Å². The average molecular weight is 605 g/mol. The van der Waals surface area contributed by atoms with Gasteiger partial charge in [0.25, 0.3) is 5.69 Å². The molecule has 0 aliphatic rings. The molecule has 2 heterocycles. The van der Waals surface area contributed by atoms with Crippen molar-refractivity contribution in [1.29, 1.82) is 0 Å². The molecule has 7 nitrogen and oxygen atoms in total. The number of nitro benzene ring substituents is 1. The van der Waals surface area contributed by atoms with Crippen molar-refractivity contribution in [3.63, 3.8) is 0 Å². The molecule has 0 saturated carbocycles. The van der Waals surface area contributed by atoms with Crippen LogP contribution >= 0.6 is 0 Å². The smallest absolute Gasteiger partial charge is 0.277 e. The Morgan fingerprint density at radius 2 is 1.43 bits per heavy atom. The predicted octanol–water partition coefficient (Wildman–Crippen LogP) is 10.6. The zero-order chi connectivity index (χ0) is 31.8. The number of rotatable bonds is 7. The zero-order valence-electron chi connectivity index (χ0n) is 25.8. The highest BCUT2D eigenvalue weighted by molar-refractivity contribution is 6.09. The van der Waals surface area contributed by atoms with Gasteiger partial charge in [0.1, 0.15) is 17.3 Å². The minimum atomic E-state index is -0.353. The molecular formula is C39H32N4O3. The molecule has 0 unspecified atom stereocenters. The van der Waals surface area contributed by atoms with Crippen molar-refractivity contribution in [1.82, 2.24) is 9.55 Å². The number of ether oxygens (including phenoxy) is 1. The molecule has 0 saturated heterocycles. The van der Waals surface area contributed by atoms with Crippen LogP contribution in [-0.2, 0) is 5.41 Å². The second kappa shape index (κ2) is 11.5. The summed E-state index contributed by atoms with van der Waals surface area (Å²) < 4.78 is 8.63. The Bertz CT molecular complexity index is 2250. The van der Waals surface area contributed by atoms with Gasteiger partial charge in [-0.2, -0.15) is 0 Å². The number of para-hydroxylation sites is 3. The van der Waals surface area contributed by atoms with Gasteiger partial charge in [-0.15, -0.1) is 0 Å². The topological polar surface area (TPSA) is 82.2 Å². The lowest BCUT2D eigenvalue weighted by Gasteiger charge is -2.20. The predicted molar refractivity (Wildman–Crippen MR) is 186 cm³/mol. The van der Waals surface area contributed by atoms with E-state index in [-0.39, 0.29) is 16.0 Å². The van der Waals surface area contributed by atoms with Gasteiger partial charge in [-0.25, -0.2) is 4.98 Å². The van der Waals surface area contributed by atoms with Crippen LogP contribution in [0.1, 0.15) is 26.3 Å². The van der Waals surface area contributed by atoms with Crippen LogP contribution in [0, 0.1) is 10.1 Å². The van der Waals surface area contributed by atoms with Crippen molar-refractivity contribution in [2.24, 2.45) is 0 Å². The largest absolute Gasteiger partial charge is 0.457 e. The number of anilines is 2. The summed E-state index contributed by atoms with van der Waals surface area (Å²) in [6, 6.07) is 40.8. The lowest BCUT2D eigenvalue weighted by atomic mass is 9.88. The summed E-state index contributed by atoms with van der Waals surface area (Å²) in [5.41, 5.74) is 6.18. The van der Waals surface area contributed by atoms with E-state index in [2.05, 4.69) is 79.2 Å². The van der Waals surface area contributed by atoms with E-state index in [9.17, 15) is 10.1 Å². The Labute approximate surface area is 266 Å². The molecule has 0 fully saturated rings. The third-order valence-electron chi connectivity index (χ3n) is 8.15. The summed E-state index contributed by atoms with van der Waals surface area (Å²) >= 11 is 0. The van der Waals surface area contributed by atoms with Crippen LogP contribution in [0.2, 0.25) is 0 Å². The molecule has 0 aliphatic heterocycles. The van der Waals surface area contributed by atoms with E-state index in [1.807, 2.05) is 60.8 Å². The first-order chi connectivity index (χ1) is 22.3. The van der Waals surface area contributed by atoms with Gasteiger partial charge in [0, 0.05) is 52.1 Å². The molecule has 0 atom stereocenters. The fourth-order valence-electron chi connectivity index (χ4n) is 5.88. The fraction of sp³-hybridized carbons (Fsp3) is 0.103. The van der Waals surface area contributed by atoms with Gasteiger partial charge in [0.15, 0.2) is 0 Å². The van der Waals surface area contributed by atoms with Crippen LogP contribution < -0.4 is 10.1 Å². The number of nitro groups is 1. The quantitative estimate of drug-likeness (QED) is 0.145. The number of hydrogen-bond acceptors (Lipinski definition) is 5. The van der Waals surface area contributed by atoms with E-state index in [1.165, 1.54) is 11.6 Å². The highest BCUT2D eigenvalue weighted by Gasteiger charge is 2.19. The minimum absolute atomic E-state index is 0.0138. The molecule has 0 bridgehead atoms. The van der Waals surface area contributed by atoms with E-state index in [4.69, 9.17) is 9.72 Å². The maximum Gasteiger partial charge on any atom is 0.277 e. The van der Waals surface area contributed by atoms with Crippen LogP contribution in [-0.4, -0.2) is 14.5 Å². The summed E-state index contributed by atoms with van der Waals surface area (Å²) in [5, 5.41) is 17.4. The lowest BCUT2D eigenvalue weighted by Crippen LogP contribution is -2.12. The van der Waals surface area contributed by atoms with Gasteiger partial charge in [-0.3, -0.25) is 14.7 Å². The minimum Gasteiger partial charge on any atom is -0.457 e. The first kappa shape index (κ1) is 28.8. The first-order valence-electron chi connectivity index (χ1n) is 15.1. The molecule has 0 aliphatic carbocycles. The maximum absolute atomic E-state index is 11.7. The molecular weight excluding hydrogens is 572 g/mol. The summed E-state index contributed by atoms with van der Waals surface area (Å²) in [6.45, 7) is 6.62. The van der Waals surface area contributed by atoms with Crippen LogP contribution in [0.5, 0.6) is 11.5 Å². The third kappa shape index (κ3) is 5.43. The molecule has 0 amide bonds. The van der Waals surface area contributed by atoms with Gasteiger partial charge in [0.05, 0.1) is 21.5 Å². The first-order valence-corrected chi connectivity index (χ1v) is 15.1. The standard InChI is InChI=1S/C39H32N4O3/c1-39(2,3)26-21-22-40-38(23-26)42-35-17-8-5-15-32(35)33-20-19-29(25-37(33)42)46-28-12-10-11-27(24-28)41-34-16-7-4-13-30(34)31-14-6-9-18-36(31)43(44)45/h4-25,41H,1-3H3. The normalized spacial score (nSPS) is 11.5. The highest BCUT2D eigenvalue weighted by atomic mass is 16.6. The van der Waals surface area contributed by atoms with Gasteiger partial charge < -0.3 is 10.1 Å². The summed E-state index contributed by atoms with van der Waals surface area (Å²) in [5.74, 6) is 2.21. The van der Waals surface area contributed by atoms with Crippen LogP contribution in [0.4, 0.5) is 17.1 Å². The highest BCUT2D eigenvalue weighted by Crippen LogP contribution is 2.38. The Balaban J connectivity index is 1.24. The fourth-order valence-corrected chi connectivity index (χ4v) is 5.88. The summed E-state index contributed by atoms with van der Waals surface area (Å²) in [7, 11) is 0. The Morgan fingerprint density at radius 1 is 0.717 bits per heavy atom. The monoisotopic (exact) mass is 604 g/mol. The van der Waals surface area contributed by atoms with Crippen molar-refractivity contribution in [2.45, 2.75) is 26.2 Å². The van der Waals surface area contributed by atoms with Crippen molar-refractivity contribution >= 4 is 38.9 Å². The molecule has 7 rings (SSSR count). The molecule has 46 heavy (non-hydrogen) atoms. The number of hydrogen-bond donors (Lipinski definition) is 1. The zero-order valence-corrected chi connectivity index (χ0v) is 25.8. The lowest BCUT2D eigenvalue weighted by molar-refractivity contribution is -0.384. The van der Waals surface area contributed by atoms with Gasteiger partial charge >= 0.3 is 0 Å². The average Bonchev–Trinajstić information content (AvgIpc) is 3.38. The summed E-state index contributed by atoms with van der Waals surface area (Å²) in [4.78, 5) is 16.2. The molecule has 0 radical (unpaired) electrons. The molecule has 5 aromatic carbocycles. The maximum atomic E-state index is 11.7. The molecule has 1 N–H and O–H groups in total. The van der Waals surface area contributed by atoms with E-state index in [0.29, 0.717) is 17.1 Å². The van der Waals surface area contributed by atoms with Crippen LogP contribution in [0.25, 0.3) is 38.8 Å². The number of aromatic nitrogens is 2. The van der Waals surface area contributed by atoms with Crippen molar-refractivity contribution in [2.75, 3.05) is 5.32 Å². The Hall–Kier alpha value is -5.95. The molecule has 7 aromatic rings. The van der Waals surface area contributed by atoms with E-state index < -0.39 is 0 Å². The molecule has 2 aromatic heterocycles. The molecule has 7 heteroatoms. The van der Waals surface area contributed by atoms with Crippen LogP contribution in [0.3, 0.4) is 0 Å². The van der Waals surface area contributed by atoms with Gasteiger partial charge in [0.2, 0.25) is 0 Å². The number of nitrogens with one attached hydrogen (secondary N) is 1. The third-order valence-corrected chi connectivity index (χ3v) is 8.15. The van der Waals surface area contributed by atoms with Gasteiger partial charge in [-0.1, -0.05) is 75.4 Å². The number of nitrogens with zero attached hydrogens (tertiary/aromatic N) is 3. The second-order valence-electron chi connectivity index (χ2n) is 12.3. The number of benzene rings is 5. The van der Waals surface area contributed by atoms with E-state index in [0.717, 1.165) is 44.6 Å². The molecule has 226 valence electrons.